The maximum Gasteiger partial charge on any atom is 0.260 e. The second-order valence-electron chi connectivity index (χ2n) is 5.50. The Bertz CT molecular complexity index is 453. The second kappa shape index (κ2) is 6.75. The Morgan fingerprint density at radius 2 is 2.05 bits per heavy atom. The average Bonchev–Trinajstić information content (AvgIpc) is 2.91. The van der Waals surface area contributed by atoms with Crippen LogP contribution < -0.4 is 10.1 Å². The van der Waals surface area contributed by atoms with E-state index in [-0.39, 0.29) is 5.91 Å². The van der Waals surface area contributed by atoms with E-state index < -0.39 is 12.2 Å². The molecule has 2 unspecified atom stereocenters. The van der Waals surface area contributed by atoms with Gasteiger partial charge in [0.2, 0.25) is 0 Å². The molecule has 1 aliphatic carbocycles. The fraction of sp³-hybridized carbons (Fsp3) is 0.562. The minimum atomic E-state index is -0.541. The number of aliphatic hydroxyl groups excluding tert-OH is 1. The fourth-order valence-electron chi connectivity index (χ4n) is 2.49. The highest BCUT2D eigenvalue weighted by Gasteiger charge is 2.21. The third kappa shape index (κ3) is 3.97. The third-order valence-electron chi connectivity index (χ3n) is 3.72. The van der Waals surface area contributed by atoms with Crippen LogP contribution in [0, 0.1) is 0 Å². The monoisotopic (exact) mass is 277 g/mol. The second-order valence-corrected chi connectivity index (χ2v) is 5.50. The highest BCUT2D eigenvalue weighted by molar-refractivity contribution is 5.81. The summed E-state index contributed by atoms with van der Waals surface area (Å²) in [6, 6.07) is 7.52. The quantitative estimate of drug-likeness (QED) is 0.869. The van der Waals surface area contributed by atoms with E-state index in [1.54, 1.807) is 26.0 Å². The fourth-order valence-corrected chi connectivity index (χ4v) is 2.49. The van der Waals surface area contributed by atoms with Crippen molar-refractivity contribution >= 4 is 5.91 Å². The van der Waals surface area contributed by atoms with Crippen LogP contribution in [0.2, 0.25) is 0 Å². The lowest BCUT2D eigenvalue weighted by molar-refractivity contribution is -0.127. The van der Waals surface area contributed by atoms with Crippen LogP contribution in [0.3, 0.4) is 0 Å². The summed E-state index contributed by atoms with van der Waals surface area (Å²) in [5.74, 6) is 0.539. The van der Waals surface area contributed by atoms with Crippen LogP contribution in [0.25, 0.3) is 0 Å². The number of rotatable bonds is 5. The molecule has 2 atom stereocenters. The first kappa shape index (κ1) is 14.9. The number of hydrogen-bond donors (Lipinski definition) is 2. The number of hydrogen-bond acceptors (Lipinski definition) is 3. The van der Waals surface area contributed by atoms with Crippen molar-refractivity contribution in [1.82, 2.24) is 5.32 Å². The number of ether oxygens (including phenoxy) is 1. The van der Waals surface area contributed by atoms with E-state index in [4.69, 9.17) is 4.74 Å². The summed E-state index contributed by atoms with van der Waals surface area (Å²) in [5.41, 5.74) is 0.783. The molecule has 0 bridgehead atoms. The number of aliphatic hydroxyl groups is 1. The Balaban J connectivity index is 1.91. The Kier molecular flexibility index (Phi) is 5.01. The van der Waals surface area contributed by atoms with E-state index in [1.807, 2.05) is 12.1 Å². The molecule has 4 nitrogen and oxygen atoms in total. The maximum atomic E-state index is 12.0. The van der Waals surface area contributed by atoms with Gasteiger partial charge < -0.3 is 15.2 Å². The zero-order chi connectivity index (χ0) is 14.5. The summed E-state index contributed by atoms with van der Waals surface area (Å²) in [7, 11) is 0. The van der Waals surface area contributed by atoms with Gasteiger partial charge in [0.25, 0.3) is 5.91 Å². The lowest BCUT2D eigenvalue weighted by Gasteiger charge is -2.18. The number of carbonyl (C=O) groups is 1. The smallest absolute Gasteiger partial charge is 0.260 e. The molecule has 0 spiro atoms. The van der Waals surface area contributed by atoms with Gasteiger partial charge in [-0.15, -0.1) is 0 Å². The molecule has 1 aliphatic rings. The molecule has 1 amide bonds. The first-order valence-electron chi connectivity index (χ1n) is 7.31. The summed E-state index contributed by atoms with van der Waals surface area (Å²) in [6.45, 7) is 3.45. The number of carbonyl (C=O) groups excluding carboxylic acids is 1. The van der Waals surface area contributed by atoms with Crippen molar-refractivity contribution in [3.8, 4) is 5.75 Å². The van der Waals surface area contributed by atoms with Crippen LogP contribution in [0.5, 0.6) is 5.75 Å². The largest absolute Gasteiger partial charge is 0.481 e. The van der Waals surface area contributed by atoms with Crippen LogP contribution in [-0.2, 0) is 4.79 Å². The minimum absolute atomic E-state index is 0.0700. The van der Waals surface area contributed by atoms with Gasteiger partial charge in [-0.05, 0) is 44.4 Å². The highest BCUT2D eigenvalue weighted by Crippen LogP contribution is 2.21. The summed E-state index contributed by atoms with van der Waals surface area (Å²) < 4.78 is 5.65. The van der Waals surface area contributed by atoms with Crippen molar-refractivity contribution in [2.45, 2.75) is 57.8 Å². The van der Waals surface area contributed by atoms with Crippen LogP contribution in [-0.4, -0.2) is 23.2 Å². The van der Waals surface area contributed by atoms with Crippen molar-refractivity contribution in [2.75, 3.05) is 0 Å². The van der Waals surface area contributed by atoms with Crippen molar-refractivity contribution < 1.29 is 14.6 Å². The molecule has 0 aliphatic heterocycles. The summed E-state index contributed by atoms with van der Waals surface area (Å²) in [4.78, 5) is 12.0. The molecule has 1 aromatic rings. The summed E-state index contributed by atoms with van der Waals surface area (Å²) in [6.07, 6.45) is 3.44. The summed E-state index contributed by atoms with van der Waals surface area (Å²) in [5, 5.41) is 12.6. The van der Waals surface area contributed by atoms with Crippen LogP contribution >= 0.6 is 0 Å². The van der Waals surface area contributed by atoms with Crippen molar-refractivity contribution in [3.05, 3.63) is 29.8 Å². The topological polar surface area (TPSA) is 58.6 Å². The van der Waals surface area contributed by atoms with Crippen molar-refractivity contribution in [3.63, 3.8) is 0 Å². The molecule has 0 aromatic heterocycles. The molecular weight excluding hydrogens is 254 g/mol. The molecular formula is C16H23NO3. The minimum Gasteiger partial charge on any atom is -0.481 e. The van der Waals surface area contributed by atoms with Gasteiger partial charge in [-0.25, -0.2) is 0 Å². The average molecular weight is 277 g/mol. The van der Waals surface area contributed by atoms with Gasteiger partial charge in [-0.3, -0.25) is 4.79 Å². The van der Waals surface area contributed by atoms with Gasteiger partial charge in [0.1, 0.15) is 5.75 Å². The lowest BCUT2D eigenvalue weighted by Crippen LogP contribution is -2.41. The van der Waals surface area contributed by atoms with Crippen molar-refractivity contribution in [2.24, 2.45) is 0 Å². The molecule has 0 saturated heterocycles. The van der Waals surface area contributed by atoms with E-state index in [1.165, 1.54) is 12.8 Å². The van der Waals surface area contributed by atoms with E-state index in [0.29, 0.717) is 11.8 Å². The standard InChI is InChI=1S/C16H23NO3/c1-11(18)13-6-5-9-15(10-13)20-12(2)16(19)17-14-7-3-4-8-14/h5-6,9-12,14,18H,3-4,7-8H2,1-2H3,(H,17,19). The molecule has 1 saturated carbocycles. The van der Waals surface area contributed by atoms with E-state index >= 15 is 0 Å². The van der Waals surface area contributed by atoms with Gasteiger partial charge >= 0.3 is 0 Å². The van der Waals surface area contributed by atoms with Gasteiger partial charge in [0.05, 0.1) is 6.10 Å². The molecule has 1 fully saturated rings. The Morgan fingerprint density at radius 1 is 1.35 bits per heavy atom. The Morgan fingerprint density at radius 3 is 2.70 bits per heavy atom. The predicted octanol–water partition coefficient (Wildman–Crippen LogP) is 2.57. The third-order valence-corrected chi connectivity index (χ3v) is 3.72. The van der Waals surface area contributed by atoms with Gasteiger partial charge in [-0.2, -0.15) is 0 Å². The zero-order valence-electron chi connectivity index (χ0n) is 12.1. The summed E-state index contributed by atoms with van der Waals surface area (Å²) >= 11 is 0. The molecule has 0 radical (unpaired) electrons. The van der Waals surface area contributed by atoms with Crippen LogP contribution in [0.15, 0.2) is 24.3 Å². The van der Waals surface area contributed by atoms with Crippen molar-refractivity contribution in [1.29, 1.82) is 0 Å². The maximum absolute atomic E-state index is 12.0. The van der Waals surface area contributed by atoms with Crippen LogP contribution in [0.1, 0.15) is 51.2 Å². The van der Waals surface area contributed by atoms with Gasteiger partial charge in [0.15, 0.2) is 6.10 Å². The predicted molar refractivity (Wildman–Crippen MR) is 77.6 cm³/mol. The molecule has 4 heteroatoms. The lowest BCUT2D eigenvalue weighted by atomic mass is 10.1. The molecule has 0 heterocycles. The molecule has 2 rings (SSSR count). The van der Waals surface area contributed by atoms with Gasteiger partial charge in [-0.1, -0.05) is 25.0 Å². The molecule has 20 heavy (non-hydrogen) atoms. The van der Waals surface area contributed by atoms with E-state index in [2.05, 4.69) is 5.32 Å². The Labute approximate surface area is 120 Å². The van der Waals surface area contributed by atoms with E-state index in [9.17, 15) is 9.90 Å². The SMILES string of the molecule is CC(Oc1cccc(C(C)O)c1)C(=O)NC1CCCC1. The van der Waals surface area contributed by atoms with Gasteiger partial charge in [0, 0.05) is 6.04 Å². The van der Waals surface area contributed by atoms with Crippen LogP contribution in [0.4, 0.5) is 0 Å². The highest BCUT2D eigenvalue weighted by atomic mass is 16.5. The molecule has 2 N–H and O–H groups in total. The Hall–Kier alpha value is -1.55. The first-order chi connectivity index (χ1) is 9.56. The normalized spacial score (nSPS) is 18.6. The molecule has 1 aromatic carbocycles. The zero-order valence-corrected chi connectivity index (χ0v) is 12.1. The molecule has 110 valence electrons. The number of amides is 1. The first-order valence-corrected chi connectivity index (χ1v) is 7.31. The number of nitrogens with one attached hydrogen (secondary N) is 1. The number of benzene rings is 1. The van der Waals surface area contributed by atoms with E-state index in [0.717, 1.165) is 18.4 Å².